The van der Waals surface area contributed by atoms with Crippen LogP contribution in [0, 0.1) is 20.2 Å². The minimum absolute atomic E-state index is 0.377. The van der Waals surface area contributed by atoms with Crippen molar-refractivity contribution >= 4 is 5.97 Å². The van der Waals surface area contributed by atoms with E-state index >= 15 is 0 Å². The Morgan fingerprint density at radius 2 is 1.93 bits per heavy atom. The third kappa shape index (κ3) is 4.14. The van der Waals surface area contributed by atoms with Crippen molar-refractivity contribution in [3.8, 4) is 0 Å². The van der Waals surface area contributed by atoms with Crippen molar-refractivity contribution in [1.82, 2.24) is 0 Å². The largest absolute Gasteiger partial charge is 0.462 e. The number of hydrogen-bond donors (Lipinski definition) is 0. The molecular weight excluding hydrogens is 196 g/mol. The van der Waals surface area contributed by atoms with Gasteiger partial charge in [0.05, 0.1) is 9.85 Å². The van der Waals surface area contributed by atoms with Crippen LogP contribution in [0.15, 0.2) is 12.7 Å². The highest BCUT2D eigenvalue weighted by atomic mass is 16.7. The third-order valence-corrected chi connectivity index (χ3v) is 1.27. The van der Waals surface area contributed by atoms with Gasteiger partial charge in [-0.1, -0.05) is 6.58 Å². The number of hydrogen-bond acceptors (Lipinski definition) is 6. The van der Waals surface area contributed by atoms with E-state index in [1.807, 2.05) is 0 Å². The molecule has 0 N–H and O–H groups in total. The highest BCUT2D eigenvalue weighted by molar-refractivity contribution is 5.81. The van der Waals surface area contributed by atoms with Crippen molar-refractivity contribution in [1.29, 1.82) is 0 Å². The van der Waals surface area contributed by atoms with Crippen LogP contribution in [-0.4, -0.2) is 28.6 Å². The van der Waals surface area contributed by atoms with E-state index in [0.717, 1.165) is 6.08 Å². The van der Waals surface area contributed by atoms with Crippen LogP contribution >= 0.6 is 0 Å². The molecule has 0 aromatic carbocycles. The second-order valence-corrected chi connectivity index (χ2v) is 2.21. The van der Waals surface area contributed by atoms with E-state index in [9.17, 15) is 25.0 Å². The normalized spacial score (nSPS) is 9.50. The van der Waals surface area contributed by atoms with Crippen molar-refractivity contribution in [2.24, 2.45) is 0 Å². The smallest absolute Gasteiger partial charge is 0.454 e. The Kier molecular flexibility index (Phi) is 4.82. The fourth-order valence-electron chi connectivity index (χ4n) is 0.612. The fourth-order valence-corrected chi connectivity index (χ4v) is 0.612. The number of carbonyl (C=O) groups excluding carboxylic acids is 1. The Morgan fingerprint density at radius 3 is 2.29 bits per heavy atom. The standard InChI is InChI=1S/C6H8N2O6/c1-2-6(9)14-4-3-5(7(10)11)8(12)13/h2,5H,1,3-4H2. The van der Waals surface area contributed by atoms with Crippen LogP contribution < -0.4 is 0 Å². The second kappa shape index (κ2) is 5.62. The Balaban J connectivity index is 3.96. The first-order chi connectivity index (χ1) is 6.49. The molecular formula is C6H8N2O6. The first-order valence-electron chi connectivity index (χ1n) is 3.55. The average molecular weight is 204 g/mol. The molecule has 0 rings (SSSR count). The van der Waals surface area contributed by atoms with E-state index in [2.05, 4.69) is 11.3 Å². The maximum absolute atomic E-state index is 10.5. The maximum Gasteiger partial charge on any atom is 0.454 e. The molecule has 0 radical (unpaired) electrons. The summed E-state index contributed by atoms with van der Waals surface area (Å²) in [6, 6.07) is 0. The lowest BCUT2D eigenvalue weighted by Gasteiger charge is -2.02. The highest BCUT2D eigenvalue weighted by Gasteiger charge is 2.31. The SMILES string of the molecule is C=CC(=O)OCCC([N+](=O)[O-])[N+](=O)[O-]. The van der Waals surface area contributed by atoms with Gasteiger partial charge in [-0.25, -0.2) is 4.79 Å². The van der Waals surface area contributed by atoms with Gasteiger partial charge in [0.2, 0.25) is 0 Å². The highest BCUT2D eigenvalue weighted by Crippen LogP contribution is 1.98. The predicted molar refractivity (Wildman–Crippen MR) is 43.5 cm³/mol. The summed E-state index contributed by atoms with van der Waals surface area (Å²) in [6.07, 6.45) is -1.53. The summed E-state index contributed by atoms with van der Waals surface area (Å²) in [6.45, 7) is 2.71. The van der Waals surface area contributed by atoms with Gasteiger partial charge in [-0.05, 0) is 0 Å². The molecule has 0 aliphatic carbocycles. The zero-order valence-corrected chi connectivity index (χ0v) is 7.12. The number of nitrogens with zero attached hydrogens (tertiary/aromatic N) is 2. The molecule has 0 aromatic heterocycles. The lowest BCUT2D eigenvalue weighted by Crippen LogP contribution is -2.30. The Labute approximate surface area is 78.5 Å². The molecule has 0 bridgehead atoms. The van der Waals surface area contributed by atoms with E-state index in [-0.39, 0.29) is 6.61 Å². The molecule has 8 nitrogen and oxygen atoms in total. The second-order valence-electron chi connectivity index (χ2n) is 2.21. The van der Waals surface area contributed by atoms with Crippen molar-refractivity contribution in [2.75, 3.05) is 6.61 Å². The van der Waals surface area contributed by atoms with Crippen LogP contribution in [0.25, 0.3) is 0 Å². The lowest BCUT2D eigenvalue weighted by molar-refractivity contribution is -0.743. The van der Waals surface area contributed by atoms with Crippen LogP contribution in [0.1, 0.15) is 6.42 Å². The molecule has 0 heterocycles. The van der Waals surface area contributed by atoms with Crippen LogP contribution in [-0.2, 0) is 9.53 Å². The van der Waals surface area contributed by atoms with Gasteiger partial charge < -0.3 is 4.74 Å². The van der Waals surface area contributed by atoms with Crippen molar-refractivity contribution < 1.29 is 19.4 Å². The molecule has 0 atom stereocenters. The van der Waals surface area contributed by atoms with E-state index in [1.54, 1.807) is 0 Å². The van der Waals surface area contributed by atoms with E-state index in [1.165, 1.54) is 0 Å². The number of carbonyl (C=O) groups is 1. The minimum atomic E-state index is -1.94. The molecule has 0 unspecified atom stereocenters. The third-order valence-electron chi connectivity index (χ3n) is 1.27. The lowest BCUT2D eigenvalue weighted by atomic mass is 10.4. The molecule has 0 fully saturated rings. The van der Waals surface area contributed by atoms with Crippen LogP contribution in [0.4, 0.5) is 0 Å². The van der Waals surface area contributed by atoms with Crippen LogP contribution in [0.3, 0.4) is 0 Å². The monoisotopic (exact) mass is 204 g/mol. The molecule has 0 amide bonds. The summed E-state index contributed by atoms with van der Waals surface area (Å²) in [7, 11) is 0. The summed E-state index contributed by atoms with van der Waals surface area (Å²) in [5.74, 6) is -0.768. The quantitative estimate of drug-likeness (QED) is 0.197. The number of rotatable bonds is 6. The van der Waals surface area contributed by atoms with Gasteiger partial charge in [0.15, 0.2) is 0 Å². The summed E-state index contributed by atoms with van der Waals surface area (Å²) < 4.78 is 4.36. The molecule has 0 saturated heterocycles. The summed E-state index contributed by atoms with van der Waals surface area (Å²) in [5, 5.41) is 20.2. The first-order valence-corrected chi connectivity index (χ1v) is 3.55. The minimum Gasteiger partial charge on any atom is -0.462 e. The van der Waals surface area contributed by atoms with Crippen LogP contribution in [0.5, 0.6) is 0 Å². The summed E-state index contributed by atoms with van der Waals surface area (Å²) in [5.41, 5.74) is 0. The zero-order chi connectivity index (χ0) is 11.1. The van der Waals surface area contributed by atoms with Gasteiger partial charge in [-0.15, -0.1) is 0 Å². The molecule has 78 valence electrons. The number of nitro groups is 2. The van der Waals surface area contributed by atoms with E-state index in [0.29, 0.717) is 0 Å². The van der Waals surface area contributed by atoms with Gasteiger partial charge in [0.1, 0.15) is 13.0 Å². The first kappa shape index (κ1) is 12.0. The zero-order valence-electron chi connectivity index (χ0n) is 7.12. The predicted octanol–water partition coefficient (Wildman–Crippen LogP) is -0.0148. The Hall–Kier alpha value is -1.99. The molecule has 0 aliphatic rings. The fraction of sp³-hybridized carbons (Fsp3) is 0.500. The van der Waals surface area contributed by atoms with Gasteiger partial charge >= 0.3 is 12.1 Å². The Morgan fingerprint density at radius 1 is 1.43 bits per heavy atom. The van der Waals surface area contributed by atoms with Crippen molar-refractivity contribution in [2.45, 2.75) is 12.6 Å². The molecule has 0 spiro atoms. The van der Waals surface area contributed by atoms with Gasteiger partial charge in [-0.3, -0.25) is 20.2 Å². The summed E-state index contributed by atoms with van der Waals surface area (Å²) >= 11 is 0. The van der Waals surface area contributed by atoms with Crippen molar-refractivity contribution in [3.63, 3.8) is 0 Å². The maximum atomic E-state index is 10.5. The van der Waals surface area contributed by atoms with Gasteiger partial charge in [0.25, 0.3) is 0 Å². The van der Waals surface area contributed by atoms with E-state index in [4.69, 9.17) is 0 Å². The molecule has 0 saturated carbocycles. The average Bonchev–Trinajstić information content (AvgIpc) is 2.10. The topological polar surface area (TPSA) is 113 Å². The van der Waals surface area contributed by atoms with E-state index < -0.39 is 28.4 Å². The molecule has 0 aromatic rings. The molecule has 14 heavy (non-hydrogen) atoms. The summed E-state index contributed by atoms with van der Waals surface area (Å²) in [4.78, 5) is 28.6. The van der Waals surface area contributed by atoms with Gasteiger partial charge in [0, 0.05) is 6.08 Å². The Bertz CT molecular complexity index is 249. The van der Waals surface area contributed by atoms with Crippen LogP contribution in [0.2, 0.25) is 0 Å². The molecule has 8 heteroatoms. The number of esters is 1. The molecule has 0 aliphatic heterocycles. The van der Waals surface area contributed by atoms with Gasteiger partial charge in [-0.2, -0.15) is 0 Å². The number of ether oxygens (including phenoxy) is 1. The van der Waals surface area contributed by atoms with Crippen molar-refractivity contribution in [3.05, 3.63) is 32.9 Å².